The first-order valence-corrected chi connectivity index (χ1v) is 6.42. The Balaban J connectivity index is 3.62. The van der Waals surface area contributed by atoms with Crippen LogP contribution in [0.25, 0.3) is 11.8 Å². The first-order chi connectivity index (χ1) is 8.84. The molecule has 100 valence electrons. The van der Waals surface area contributed by atoms with E-state index in [2.05, 4.69) is 37.1 Å². The molecule has 0 saturated heterocycles. The maximum absolute atomic E-state index is 9.45. The molecule has 0 aliphatic heterocycles. The van der Waals surface area contributed by atoms with Crippen LogP contribution in [0.4, 0.5) is 0 Å². The van der Waals surface area contributed by atoms with Gasteiger partial charge < -0.3 is 4.57 Å². The molecule has 0 bridgehead atoms. The lowest BCUT2D eigenvalue weighted by atomic mass is 10.0. The highest BCUT2D eigenvalue weighted by atomic mass is 15.0. The van der Waals surface area contributed by atoms with Crippen molar-refractivity contribution in [2.24, 2.45) is 0 Å². The minimum atomic E-state index is 0.748. The summed E-state index contributed by atoms with van der Waals surface area (Å²) in [5, 5.41) is 9.45. The molecule has 0 aliphatic carbocycles. The number of allylic oxidation sites excluding steroid dienone is 4. The average molecular weight is 254 g/mol. The second-order valence-electron chi connectivity index (χ2n) is 5.06. The van der Waals surface area contributed by atoms with E-state index in [0.717, 1.165) is 33.8 Å². The standard InChI is InChI=1S/C17H22N2/c1-8-16-9-12(4)19(14(16)6)15(7)17(10-18)13(5)11(2)3/h8-9H,1H2,2-7H3/b17-15+. The first-order valence-electron chi connectivity index (χ1n) is 6.42. The molecule has 0 unspecified atom stereocenters. The van der Waals surface area contributed by atoms with Crippen molar-refractivity contribution in [3.8, 4) is 6.07 Å². The second-order valence-corrected chi connectivity index (χ2v) is 5.06. The van der Waals surface area contributed by atoms with Gasteiger partial charge in [0, 0.05) is 17.1 Å². The Hall–Kier alpha value is -2.01. The van der Waals surface area contributed by atoms with Gasteiger partial charge in [0.2, 0.25) is 0 Å². The van der Waals surface area contributed by atoms with E-state index < -0.39 is 0 Å². The summed E-state index contributed by atoms with van der Waals surface area (Å²) in [6, 6.07) is 4.43. The van der Waals surface area contributed by atoms with Gasteiger partial charge in [0.1, 0.15) is 6.07 Å². The van der Waals surface area contributed by atoms with E-state index >= 15 is 0 Å². The summed E-state index contributed by atoms with van der Waals surface area (Å²) in [4.78, 5) is 0. The van der Waals surface area contributed by atoms with Crippen LogP contribution in [-0.4, -0.2) is 4.57 Å². The lowest BCUT2D eigenvalue weighted by molar-refractivity contribution is 0.971. The van der Waals surface area contributed by atoms with E-state index in [1.54, 1.807) is 0 Å². The Labute approximate surface area is 116 Å². The summed E-state index contributed by atoms with van der Waals surface area (Å²) in [7, 11) is 0. The zero-order valence-electron chi connectivity index (χ0n) is 12.8. The molecule has 2 nitrogen and oxygen atoms in total. The smallest absolute Gasteiger partial charge is 0.101 e. The Morgan fingerprint density at radius 2 is 1.84 bits per heavy atom. The number of hydrogen-bond donors (Lipinski definition) is 0. The van der Waals surface area contributed by atoms with Crippen LogP contribution in [0.15, 0.2) is 29.4 Å². The number of aryl methyl sites for hydroxylation is 1. The van der Waals surface area contributed by atoms with Gasteiger partial charge in [-0.15, -0.1) is 0 Å². The average Bonchev–Trinajstić information content (AvgIpc) is 2.64. The molecule has 0 saturated carbocycles. The molecule has 0 amide bonds. The van der Waals surface area contributed by atoms with Crippen LogP contribution in [0.3, 0.4) is 0 Å². The molecule has 1 aromatic heterocycles. The molecule has 0 radical (unpaired) electrons. The molecule has 2 heteroatoms. The number of rotatable bonds is 3. The van der Waals surface area contributed by atoms with Gasteiger partial charge in [-0.25, -0.2) is 0 Å². The molecule has 1 heterocycles. The number of nitrogens with zero attached hydrogens (tertiary/aromatic N) is 2. The van der Waals surface area contributed by atoms with Crippen LogP contribution < -0.4 is 0 Å². The highest BCUT2D eigenvalue weighted by Crippen LogP contribution is 2.26. The zero-order valence-corrected chi connectivity index (χ0v) is 12.8. The molecule has 0 fully saturated rings. The molecule has 0 N–H and O–H groups in total. The van der Waals surface area contributed by atoms with Crippen molar-refractivity contribution in [1.82, 2.24) is 4.57 Å². The third-order valence-corrected chi connectivity index (χ3v) is 3.62. The predicted molar refractivity (Wildman–Crippen MR) is 82.5 cm³/mol. The largest absolute Gasteiger partial charge is 0.321 e. The first kappa shape index (κ1) is 15.0. The summed E-state index contributed by atoms with van der Waals surface area (Å²) in [5.74, 6) is 0. The highest BCUT2D eigenvalue weighted by molar-refractivity contribution is 5.66. The number of aromatic nitrogens is 1. The van der Waals surface area contributed by atoms with Crippen LogP contribution in [0, 0.1) is 25.2 Å². The lowest BCUT2D eigenvalue weighted by Gasteiger charge is -2.14. The van der Waals surface area contributed by atoms with E-state index in [-0.39, 0.29) is 0 Å². The summed E-state index contributed by atoms with van der Waals surface area (Å²) < 4.78 is 2.13. The molecule has 19 heavy (non-hydrogen) atoms. The Morgan fingerprint density at radius 1 is 1.26 bits per heavy atom. The molecule has 0 atom stereocenters. The van der Waals surface area contributed by atoms with Gasteiger partial charge in [-0.1, -0.05) is 18.2 Å². The summed E-state index contributed by atoms with van der Waals surface area (Å²) in [6.45, 7) is 16.0. The van der Waals surface area contributed by atoms with Crippen LogP contribution >= 0.6 is 0 Å². The SMILES string of the molecule is C=Cc1cc(C)n(/C(C)=C(\C#N)C(C)=C(C)C)c1C. The van der Waals surface area contributed by atoms with E-state index in [1.807, 2.05) is 33.8 Å². The van der Waals surface area contributed by atoms with Gasteiger partial charge in [0.25, 0.3) is 0 Å². The van der Waals surface area contributed by atoms with E-state index in [1.165, 1.54) is 5.57 Å². The second kappa shape index (κ2) is 5.75. The fourth-order valence-electron chi connectivity index (χ4n) is 2.31. The highest BCUT2D eigenvalue weighted by Gasteiger charge is 2.13. The number of nitriles is 1. The van der Waals surface area contributed by atoms with Gasteiger partial charge in [-0.3, -0.25) is 0 Å². The van der Waals surface area contributed by atoms with Crippen molar-refractivity contribution in [3.05, 3.63) is 46.3 Å². The van der Waals surface area contributed by atoms with Crippen LogP contribution in [0.1, 0.15) is 44.6 Å². The Kier molecular flexibility index (Phi) is 4.56. The van der Waals surface area contributed by atoms with Crippen molar-refractivity contribution in [2.45, 2.75) is 41.5 Å². The quantitative estimate of drug-likeness (QED) is 0.559. The fraction of sp³-hybridized carbons (Fsp3) is 0.353. The van der Waals surface area contributed by atoms with Crippen molar-refractivity contribution >= 4 is 11.8 Å². The third-order valence-electron chi connectivity index (χ3n) is 3.62. The third kappa shape index (κ3) is 2.71. The van der Waals surface area contributed by atoms with Gasteiger partial charge in [-0.05, 0) is 58.7 Å². The molecule has 0 aromatic carbocycles. The van der Waals surface area contributed by atoms with E-state index in [0.29, 0.717) is 0 Å². The molecule has 1 rings (SSSR count). The van der Waals surface area contributed by atoms with E-state index in [4.69, 9.17) is 0 Å². The minimum Gasteiger partial charge on any atom is -0.321 e. The van der Waals surface area contributed by atoms with Crippen molar-refractivity contribution in [2.75, 3.05) is 0 Å². The normalized spacial score (nSPS) is 11.6. The molecule has 0 aliphatic rings. The monoisotopic (exact) mass is 254 g/mol. The van der Waals surface area contributed by atoms with Crippen LogP contribution in [-0.2, 0) is 0 Å². The fourth-order valence-corrected chi connectivity index (χ4v) is 2.31. The van der Waals surface area contributed by atoms with E-state index in [9.17, 15) is 5.26 Å². The van der Waals surface area contributed by atoms with Crippen LogP contribution in [0.5, 0.6) is 0 Å². The summed E-state index contributed by atoms with van der Waals surface area (Å²) >= 11 is 0. The molecule has 1 aromatic rings. The number of hydrogen-bond acceptors (Lipinski definition) is 1. The van der Waals surface area contributed by atoms with Gasteiger partial charge >= 0.3 is 0 Å². The molecular weight excluding hydrogens is 232 g/mol. The zero-order chi connectivity index (χ0) is 14.7. The van der Waals surface area contributed by atoms with Crippen LogP contribution in [0.2, 0.25) is 0 Å². The maximum Gasteiger partial charge on any atom is 0.101 e. The summed E-state index contributed by atoms with van der Waals surface area (Å²) in [5.41, 5.74) is 7.30. The Bertz CT molecular complexity index is 612. The topological polar surface area (TPSA) is 28.7 Å². The summed E-state index contributed by atoms with van der Waals surface area (Å²) in [6.07, 6.45) is 1.85. The minimum absolute atomic E-state index is 0.748. The maximum atomic E-state index is 9.45. The van der Waals surface area contributed by atoms with Gasteiger partial charge in [0.05, 0.1) is 5.57 Å². The van der Waals surface area contributed by atoms with Crippen molar-refractivity contribution in [3.63, 3.8) is 0 Å². The van der Waals surface area contributed by atoms with Crippen molar-refractivity contribution < 1.29 is 0 Å². The van der Waals surface area contributed by atoms with Gasteiger partial charge in [0.15, 0.2) is 0 Å². The van der Waals surface area contributed by atoms with Gasteiger partial charge in [-0.2, -0.15) is 5.26 Å². The van der Waals surface area contributed by atoms with Crippen molar-refractivity contribution in [1.29, 1.82) is 5.26 Å². The lowest BCUT2D eigenvalue weighted by Crippen LogP contribution is -2.03. The Morgan fingerprint density at radius 3 is 2.21 bits per heavy atom. The molecular formula is C17H22N2. The predicted octanol–water partition coefficient (Wildman–Crippen LogP) is 4.86. The molecule has 0 spiro atoms.